The number of hydrogen-bond acceptors (Lipinski definition) is 7. The zero-order valence-electron chi connectivity index (χ0n) is 24.5. The third-order valence-electron chi connectivity index (χ3n) is 8.00. The number of benzene rings is 4. The summed E-state index contributed by atoms with van der Waals surface area (Å²) in [6, 6.07) is 33.9. The summed E-state index contributed by atoms with van der Waals surface area (Å²) >= 11 is 0. The average Bonchev–Trinajstić information content (AvgIpc) is 3.48. The van der Waals surface area contributed by atoms with Crippen molar-refractivity contribution in [2.24, 2.45) is 5.92 Å². The van der Waals surface area contributed by atoms with Crippen molar-refractivity contribution in [3.8, 4) is 5.75 Å². The van der Waals surface area contributed by atoms with Gasteiger partial charge in [-0.1, -0.05) is 109 Å². The van der Waals surface area contributed by atoms with Gasteiger partial charge in [0.25, 0.3) is 0 Å². The first-order chi connectivity index (χ1) is 21.4. The molecule has 0 fully saturated rings. The van der Waals surface area contributed by atoms with E-state index in [1.807, 2.05) is 91.0 Å². The first kappa shape index (κ1) is 30.5. The molecule has 9 heteroatoms. The highest BCUT2D eigenvalue weighted by molar-refractivity contribution is 7.96. The van der Waals surface area contributed by atoms with Gasteiger partial charge in [0.1, 0.15) is 5.75 Å². The minimum Gasteiger partial charge on any atom is -0.497 e. The monoisotopic (exact) mass is 609 g/mol. The zero-order chi connectivity index (χ0) is 31.3. The van der Waals surface area contributed by atoms with Gasteiger partial charge >= 0.3 is 11.9 Å². The van der Waals surface area contributed by atoms with Crippen molar-refractivity contribution >= 4 is 40.0 Å². The van der Waals surface area contributed by atoms with E-state index < -0.39 is 41.6 Å². The minimum absolute atomic E-state index is 0.134. The lowest BCUT2D eigenvalue weighted by molar-refractivity contribution is -0.514. The van der Waals surface area contributed by atoms with E-state index >= 15 is 0 Å². The standard InChI is InChI=1S/C35H32NO7P/c1-41-25-15-13-14-24(22-25)31-29(34(37)42-2)23-30(32(31)36(39)40)33(35(38)43-3)44(26-16-7-4-8-17-26,27-18-9-5-10-19-27)28-20-11-6-12-21-28/h4-23,29,31-32H,1-3H3/t29-,31-,32-/m0/s1. The number of hydrogen-bond donors (Lipinski definition) is 0. The lowest BCUT2D eigenvalue weighted by Crippen LogP contribution is -2.39. The lowest BCUT2D eigenvalue weighted by Gasteiger charge is -2.33. The summed E-state index contributed by atoms with van der Waals surface area (Å²) in [7, 11) is 4.02. The normalized spacial score (nSPS) is 17.7. The van der Waals surface area contributed by atoms with Crippen LogP contribution in [0.25, 0.3) is 0 Å². The molecule has 0 bridgehead atoms. The fraction of sp³-hybridized carbons (Fsp3) is 0.171. The molecule has 44 heavy (non-hydrogen) atoms. The Bertz CT molecular complexity index is 1650. The number of carbonyl (C=O) groups excluding carboxylic acids is 2. The van der Waals surface area contributed by atoms with E-state index in [0.717, 1.165) is 15.9 Å². The Morgan fingerprint density at radius 2 is 1.25 bits per heavy atom. The summed E-state index contributed by atoms with van der Waals surface area (Å²) in [5.41, 5.74) is 0.648. The summed E-state index contributed by atoms with van der Waals surface area (Å²) in [6.07, 6.45) is 1.54. The number of nitro groups is 1. The van der Waals surface area contributed by atoms with Gasteiger partial charge in [0.15, 0.2) is 0 Å². The van der Waals surface area contributed by atoms with E-state index in [2.05, 4.69) is 0 Å². The van der Waals surface area contributed by atoms with E-state index in [9.17, 15) is 19.7 Å². The van der Waals surface area contributed by atoms with E-state index in [1.54, 1.807) is 30.3 Å². The van der Waals surface area contributed by atoms with Crippen LogP contribution in [-0.2, 0) is 19.1 Å². The highest BCUT2D eigenvalue weighted by Crippen LogP contribution is 2.52. The summed E-state index contributed by atoms with van der Waals surface area (Å²) in [6.45, 7) is -3.17. The number of ether oxygens (including phenoxy) is 3. The van der Waals surface area contributed by atoms with Gasteiger partial charge in [0.05, 0.1) is 38.5 Å². The molecule has 0 N–H and O–H groups in total. The summed E-state index contributed by atoms with van der Waals surface area (Å²) in [5.74, 6) is -2.90. The molecule has 0 unspecified atom stereocenters. The first-order valence-electron chi connectivity index (χ1n) is 14.0. The Balaban J connectivity index is 1.99. The van der Waals surface area contributed by atoms with Crippen LogP contribution < -0.4 is 20.7 Å². The molecule has 0 amide bonds. The van der Waals surface area contributed by atoms with Crippen LogP contribution in [0.15, 0.2) is 127 Å². The van der Waals surface area contributed by atoms with Gasteiger partial charge in [-0.25, -0.2) is 4.79 Å². The number of nitrogens with zero attached hydrogens (tertiary/aromatic N) is 1. The lowest BCUT2D eigenvalue weighted by atomic mass is 9.84. The van der Waals surface area contributed by atoms with Crippen LogP contribution in [0.3, 0.4) is 0 Å². The van der Waals surface area contributed by atoms with Crippen molar-refractivity contribution in [3.05, 3.63) is 143 Å². The Morgan fingerprint density at radius 1 is 0.727 bits per heavy atom. The highest BCUT2D eigenvalue weighted by atomic mass is 31.2. The minimum atomic E-state index is -3.17. The van der Waals surface area contributed by atoms with E-state index in [-0.39, 0.29) is 10.9 Å². The van der Waals surface area contributed by atoms with E-state index in [0.29, 0.717) is 11.3 Å². The topological polar surface area (TPSA) is 105 Å². The van der Waals surface area contributed by atoms with Gasteiger partial charge in [-0.3, -0.25) is 14.9 Å². The molecule has 0 heterocycles. The quantitative estimate of drug-likeness (QED) is 0.119. The fourth-order valence-corrected chi connectivity index (χ4v) is 10.7. The van der Waals surface area contributed by atoms with Crippen molar-refractivity contribution in [1.82, 2.24) is 0 Å². The van der Waals surface area contributed by atoms with Crippen LogP contribution >= 0.6 is 6.89 Å². The molecule has 0 saturated heterocycles. The molecule has 0 aromatic heterocycles. The second-order valence-corrected chi connectivity index (χ2v) is 13.6. The maximum atomic E-state index is 14.3. The van der Waals surface area contributed by atoms with Crippen molar-refractivity contribution < 1.29 is 28.7 Å². The third-order valence-corrected chi connectivity index (χ3v) is 12.3. The number of methoxy groups -OCH3 is 3. The van der Waals surface area contributed by atoms with Gasteiger partial charge in [-0.2, -0.15) is 0 Å². The Labute approximate surface area is 256 Å². The fourth-order valence-electron chi connectivity index (χ4n) is 6.17. The number of esters is 2. The van der Waals surface area contributed by atoms with Crippen LogP contribution in [0.2, 0.25) is 0 Å². The third kappa shape index (κ3) is 5.33. The first-order valence-corrected chi connectivity index (χ1v) is 15.8. The zero-order valence-corrected chi connectivity index (χ0v) is 25.4. The van der Waals surface area contributed by atoms with Crippen molar-refractivity contribution in [3.63, 3.8) is 0 Å². The van der Waals surface area contributed by atoms with E-state index in [1.165, 1.54) is 21.3 Å². The molecule has 0 spiro atoms. The van der Waals surface area contributed by atoms with Crippen LogP contribution in [0.5, 0.6) is 5.75 Å². The maximum Gasteiger partial charge on any atom is 0.339 e. The molecule has 0 saturated carbocycles. The van der Waals surface area contributed by atoms with Crippen molar-refractivity contribution in [2.45, 2.75) is 12.0 Å². The highest BCUT2D eigenvalue weighted by Gasteiger charge is 2.53. The second-order valence-electron chi connectivity index (χ2n) is 10.2. The molecule has 0 aliphatic heterocycles. The van der Waals surface area contributed by atoms with E-state index in [4.69, 9.17) is 14.2 Å². The van der Waals surface area contributed by atoms with Crippen LogP contribution in [0.1, 0.15) is 11.5 Å². The second kappa shape index (κ2) is 13.1. The summed E-state index contributed by atoms with van der Waals surface area (Å²) in [5, 5.41) is 15.8. The Morgan fingerprint density at radius 3 is 1.68 bits per heavy atom. The summed E-state index contributed by atoms with van der Waals surface area (Å²) in [4.78, 5) is 40.4. The molecule has 1 aliphatic rings. The average molecular weight is 610 g/mol. The molecule has 224 valence electrons. The molecule has 0 radical (unpaired) electrons. The van der Waals surface area contributed by atoms with Gasteiger partial charge in [0, 0.05) is 10.5 Å². The largest absolute Gasteiger partial charge is 0.497 e. The number of rotatable bonds is 9. The molecular formula is C35H32NO7P. The SMILES string of the molecule is COC(=O)C(C1=C[C@H](C(=O)OC)[C@H](c2cccc(OC)c2)[C@H]1[N+](=O)[O-])=P(c1ccccc1)(c1ccccc1)c1ccccc1. The molecule has 8 nitrogen and oxygen atoms in total. The van der Waals surface area contributed by atoms with Crippen molar-refractivity contribution in [1.29, 1.82) is 0 Å². The molecule has 4 aromatic carbocycles. The molecule has 3 atom stereocenters. The van der Waals surface area contributed by atoms with Gasteiger partial charge in [-0.05, 0) is 40.5 Å². The summed E-state index contributed by atoms with van der Waals surface area (Å²) < 4.78 is 16.1. The molecular weight excluding hydrogens is 577 g/mol. The van der Waals surface area contributed by atoms with Gasteiger partial charge in [-0.15, -0.1) is 0 Å². The molecule has 4 aromatic rings. The maximum absolute atomic E-state index is 14.3. The van der Waals surface area contributed by atoms with Crippen LogP contribution in [0.4, 0.5) is 0 Å². The predicted molar refractivity (Wildman–Crippen MR) is 172 cm³/mol. The van der Waals surface area contributed by atoms with Crippen LogP contribution in [-0.4, -0.2) is 49.5 Å². The van der Waals surface area contributed by atoms with Crippen molar-refractivity contribution in [2.75, 3.05) is 21.3 Å². The Kier molecular flexibility index (Phi) is 9.12. The van der Waals surface area contributed by atoms with Gasteiger partial charge in [0.2, 0.25) is 6.04 Å². The molecule has 5 rings (SSSR count). The predicted octanol–water partition coefficient (Wildman–Crippen LogP) is 4.49. The smallest absolute Gasteiger partial charge is 0.339 e. The van der Waals surface area contributed by atoms with Crippen LogP contribution in [0, 0.1) is 16.0 Å². The van der Waals surface area contributed by atoms with Gasteiger partial charge < -0.3 is 14.2 Å². The number of carbonyl (C=O) groups is 2. The molecule has 1 aliphatic carbocycles. The Hall–Kier alpha value is -4.94.